The van der Waals surface area contributed by atoms with Crippen LogP contribution in [-0.4, -0.2) is 87.3 Å². The number of anilines is 5. The second-order valence-corrected chi connectivity index (χ2v) is 16.1. The lowest BCUT2D eigenvalue weighted by molar-refractivity contribution is 0.248. The molecule has 4 heterocycles. The summed E-state index contributed by atoms with van der Waals surface area (Å²) in [7, 11) is 0.842. The Morgan fingerprint density at radius 2 is 1.76 bits per heavy atom. The average Bonchev–Trinajstić information content (AvgIpc) is 3.81. The number of halogens is 1. The van der Waals surface area contributed by atoms with Crippen molar-refractivity contribution in [1.29, 1.82) is 0 Å². The number of piperazine rings is 1. The van der Waals surface area contributed by atoms with Gasteiger partial charge in [0.2, 0.25) is 5.95 Å². The predicted octanol–water partition coefficient (Wildman–Crippen LogP) is 5.61. The van der Waals surface area contributed by atoms with Crippen LogP contribution in [0.2, 0.25) is 0 Å². The zero-order chi connectivity index (χ0) is 32.0. The van der Waals surface area contributed by atoms with Crippen molar-refractivity contribution in [3.63, 3.8) is 0 Å². The Labute approximate surface area is 276 Å². The molecular weight excluding hydrogens is 667 g/mol. The first-order chi connectivity index (χ1) is 22.2. The van der Waals surface area contributed by atoms with E-state index in [9.17, 15) is 4.57 Å². The SMILES string of the molecule is COc1cc(N2CCN(C3CC3)CC2)c(-c2cnn(C)c2)cc1Nc1ncc(Br)c(Nc2ccc3nccnc3c2P(C)(C)=O)n1. The highest BCUT2D eigenvalue weighted by molar-refractivity contribution is 9.10. The zero-order valence-electron chi connectivity index (χ0n) is 26.2. The van der Waals surface area contributed by atoms with Gasteiger partial charge in [-0.05, 0) is 60.3 Å². The zero-order valence-corrected chi connectivity index (χ0v) is 28.7. The molecule has 2 aliphatic rings. The van der Waals surface area contributed by atoms with Gasteiger partial charge in [-0.2, -0.15) is 10.1 Å². The summed E-state index contributed by atoms with van der Waals surface area (Å²) < 4.78 is 21.8. The molecule has 2 aromatic carbocycles. The van der Waals surface area contributed by atoms with Crippen molar-refractivity contribution in [3.8, 4) is 16.9 Å². The highest BCUT2D eigenvalue weighted by Gasteiger charge is 2.32. The van der Waals surface area contributed by atoms with E-state index in [0.717, 1.165) is 54.7 Å². The minimum absolute atomic E-state index is 0.366. The van der Waals surface area contributed by atoms with Gasteiger partial charge in [-0.25, -0.2) is 4.98 Å². The number of benzene rings is 2. The average molecular weight is 704 g/mol. The summed E-state index contributed by atoms with van der Waals surface area (Å²) >= 11 is 3.59. The van der Waals surface area contributed by atoms with Gasteiger partial charge in [0.05, 0.1) is 40.0 Å². The van der Waals surface area contributed by atoms with Crippen LogP contribution in [0.15, 0.2) is 59.7 Å². The Balaban J connectivity index is 1.23. The Hall–Kier alpha value is -4.06. The molecule has 1 aliphatic heterocycles. The first kappa shape index (κ1) is 30.6. The highest BCUT2D eigenvalue weighted by Crippen LogP contribution is 2.43. The number of methoxy groups -OCH3 is 1. The molecule has 1 aliphatic carbocycles. The number of ether oxygens (including phenoxy) is 1. The quantitative estimate of drug-likeness (QED) is 0.186. The number of rotatable bonds is 9. The van der Waals surface area contributed by atoms with Gasteiger partial charge in [-0.3, -0.25) is 19.5 Å². The van der Waals surface area contributed by atoms with Gasteiger partial charge in [0.25, 0.3) is 0 Å². The van der Waals surface area contributed by atoms with Crippen molar-refractivity contribution in [2.24, 2.45) is 7.05 Å². The van der Waals surface area contributed by atoms with Crippen LogP contribution in [0.1, 0.15) is 12.8 Å². The molecule has 0 radical (unpaired) electrons. The molecule has 2 N–H and O–H groups in total. The third-order valence-electron chi connectivity index (χ3n) is 8.45. The lowest BCUT2D eigenvalue weighted by atomic mass is 10.0. The third kappa shape index (κ3) is 6.19. The van der Waals surface area contributed by atoms with Crippen LogP contribution in [0.3, 0.4) is 0 Å². The standard InChI is InChI=1S/C32H36BrN10O2P/c1-41-19-20(17-37-41)22-15-26(28(45-2)16-27(22)43-13-11-42(12-14-43)21-5-6-21)39-32-36-18-23(33)31(40-32)38-25-8-7-24-29(35-10-9-34-24)30(25)46(3,4)44/h7-10,15-19,21H,5-6,11-14H2,1-4H3,(H2,36,38,39,40). The van der Waals surface area contributed by atoms with Crippen molar-refractivity contribution in [2.45, 2.75) is 18.9 Å². The van der Waals surface area contributed by atoms with Crippen molar-refractivity contribution < 1.29 is 9.30 Å². The van der Waals surface area contributed by atoms with Crippen molar-refractivity contribution in [2.75, 3.05) is 62.2 Å². The number of aromatic nitrogens is 6. The van der Waals surface area contributed by atoms with Crippen molar-refractivity contribution in [3.05, 3.63) is 59.7 Å². The lowest BCUT2D eigenvalue weighted by Gasteiger charge is -2.37. The molecule has 0 spiro atoms. The summed E-state index contributed by atoms with van der Waals surface area (Å²) in [5.74, 6) is 1.55. The predicted molar refractivity (Wildman–Crippen MR) is 187 cm³/mol. The molecule has 0 amide bonds. The van der Waals surface area contributed by atoms with E-state index in [2.05, 4.69) is 68.5 Å². The van der Waals surface area contributed by atoms with Crippen LogP contribution in [-0.2, 0) is 11.6 Å². The molecular formula is C32H36BrN10O2P. The Kier molecular flexibility index (Phi) is 8.16. The molecule has 1 saturated carbocycles. The molecule has 5 aromatic rings. The van der Waals surface area contributed by atoms with Gasteiger partial charge in [-0.15, -0.1) is 0 Å². The van der Waals surface area contributed by atoms with Crippen LogP contribution >= 0.6 is 23.1 Å². The van der Waals surface area contributed by atoms with Gasteiger partial charge < -0.3 is 24.8 Å². The van der Waals surface area contributed by atoms with Gasteiger partial charge >= 0.3 is 0 Å². The molecule has 2 fully saturated rings. The van der Waals surface area contributed by atoms with Crippen LogP contribution in [0, 0.1) is 0 Å². The maximum Gasteiger partial charge on any atom is 0.229 e. The summed E-state index contributed by atoms with van der Waals surface area (Å²) in [6, 6.07) is 8.66. The number of nitrogens with one attached hydrogen (secondary N) is 2. The van der Waals surface area contributed by atoms with Crippen molar-refractivity contribution >= 4 is 68.2 Å². The van der Waals surface area contributed by atoms with Crippen molar-refractivity contribution in [1.82, 2.24) is 34.6 Å². The fourth-order valence-corrected chi connectivity index (χ4v) is 7.77. The maximum atomic E-state index is 13.5. The third-order valence-corrected chi connectivity index (χ3v) is 10.6. The topological polar surface area (TPSA) is 126 Å². The summed E-state index contributed by atoms with van der Waals surface area (Å²) in [5.41, 5.74) is 5.84. The first-order valence-corrected chi connectivity index (χ1v) is 18.6. The molecule has 3 aromatic heterocycles. The molecule has 12 nitrogen and oxygen atoms in total. The summed E-state index contributed by atoms with van der Waals surface area (Å²) in [4.78, 5) is 23.3. The number of nitrogens with zero attached hydrogens (tertiary/aromatic N) is 8. The summed E-state index contributed by atoms with van der Waals surface area (Å²) in [6.45, 7) is 7.47. The highest BCUT2D eigenvalue weighted by atomic mass is 79.9. The maximum absolute atomic E-state index is 13.5. The van der Waals surface area contributed by atoms with E-state index in [1.807, 2.05) is 36.3 Å². The van der Waals surface area contributed by atoms with E-state index in [1.54, 1.807) is 39.0 Å². The van der Waals surface area contributed by atoms with Crippen LogP contribution in [0.25, 0.3) is 22.2 Å². The van der Waals surface area contributed by atoms with Crippen LogP contribution < -0.4 is 25.6 Å². The number of hydrogen-bond donors (Lipinski definition) is 2. The van der Waals surface area contributed by atoms with Crippen LogP contribution in [0.4, 0.5) is 28.8 Å². The van der Waals surface area contributed by atoms with E-state index in [1.165, 1.54) is 12.8 Å². The Bertz CT molecular complexity index is 1970. The summed E-state index contributed by atoms with van der Waals surface area (Å²) in [6.07, 6.45) is 11.5. The summed E-state index contributed by atoms with van der Waals surface area (Å²) in [5, 5.41) is 11.8. The van der Waals surface area contributed by atoms with E-state index in [4.69, 9.17) is 9.72 Å². The van der Waals surface area contributed by atoms with Gasteiger partial charge in [0, 0.05) is 86.9 Å². The largest absolute Gasteiger partial charge is 0.494 e. The molecule has 238 valence electrons. The van der Waals surface area contributed by atoms with E-state index in [-0.39, 0.29) is 0 Å². The van der Waals surface area contributed by atoms with Gasteiger partial charge in [-0.1, -0.05) is 0 Å². The van der Waals surface area contributed by atoms with E-state index in [0.29, 0.717) is 44.0 Å². The van der Waals surface area contributed by atoms with Gasteiger partial charge in [0.1, 0.15) is 24.2 Å². The molecule has 0 atom stereocenters. The molecule has 1 saturated heterocycles. The second-order valence-electron chi connectivity index (χ2n) is 12.1. The molecule has 7 rings (SSSR count). The fraction of sp³-hybridized carbons (Fsp3) is 0.344. The molecule has 14 heteroatoms. The Morgan fingerprint density at radius 3 is 2.46 bits per heavy atom. The smallest absolute Gasteiger partial charge is 0.229 e. The van der Waals surface area contributed by atoms with Gasteiger partial charge in [0.15, 0.2) is 0 Å². The first-order valence-electron chi connectivity index (χ1n) is 15.2. The van der Waals surface area contributed by atoms with Crippen LogP contribution in [0.5, 0.6) is 5.75 Å². The second kappa shape index (κ2) is 12.3. The number of hydrogen-bond acceptors (Lipinski definition) is 11. The fourth-order valence-electron chi connectivity index (χ4n) is 6.09. The number of fused-ring (bicyclic) bond motifs is 1. The van der Waals surface area contributed by atoms with E-state index < -0.39 is 7.14 Å². The number of aryl methyl sites for hydroxylation is 1. The monoisotopic (exact) mass is 702 g/mol. The van der Waals surface area contributed by atoms with E-state index >= 15 is 0 Å². The minimum Gasteiger partial charge on any atom is -0.494 e. The minimum atomic E-state index is -2.76. The Morgan fingerprint density at radius 1 is 0.978 bits per heavy atom. The molecule has 0 bridgehead atoms. The normalized spacial score (nSPS) is 15.7. The molecule has 46 heavy (non-hydrogen) atoms. The lowest BCUT2D eigenvalue weighted by Crippen LogP contribution is -2.47. The molecule has 0 unspecified atom stereocenters.